The summed E-state index contributed by atoms with van der Waals surface area (Å²) in [5.74, 6) is -1.71. The first kappa shape index (κ1) is 15.3. The molecule has 2 N–H and O–H groups in total. The van der Waals surface area contributed by atoms with E-state index in [2.05, 4.69) is 0 Å². The summed E-state index contributed by atoms with van der Waals surface area (Å²) in [6, 6.07) is 7.40. The number of aliphatic carboxylic acids is 1. The van der Waals surface area contributed by atoms with E-state index >= 15 is 0 Å². The molecule has 6 heteroatoms. The molecule has 1 heterocycles. The van der Waals surface area contributed by atoms with Gasteiger partial charge in [0.1, 0.15) is 0 Å². The van der Waals surface area contributed by atoms with Gasteiger partial charge >= 0.3 is 5.97 Å². The Hall–Kier alpha value is -2.08. The van der Waals surface area contributed by atoms with Gasteiger partial charge in [-0.3, -0.25) is 9.59 Å². The van der Waals surface area contributed by atoms with Gasteiger partial charge in [-0.15, -0.1) is 0 Å². The van der Waals surface area contributed by atoms with Gasteiger partial charge in [0.15, 0.2) is 0 Å². The molecule has 0 aliphatic carbocycles. The minimum Gasteiger partial charge on any atom is -0.481 e. The summed E-state index contributed by atoms with van der Waals surface area (Å²) in [4.78, 5) is 26.4. The van der Waals surface area contributed by atoms with Crippen LogP contribution in [0.3, 0.4) is 0 Å². The Morgan fingerprint density at radius 3 is 2.52 bits per heavy atom. The van der Waals surface area contributed by atoms with Gasteiger partial charge in [0, 0.05) is 37.4 Å². The predicted molar refractivity (Wildman–Crippen MR) is 79.5 cm³/mol. The molecule has 1 aliphatic rings. The molecular weight excluding hydrogens is 272 g/mol. The topological polar surface area (TPSA) is 81.1 Å². The van der Waals surface area contributed by atoms with E-state index in [1.165, 1.54) is 4.90 Å². The van der Waals surface area contributed by atoms with Crippen molar-refractivity contribution in [2.75, 3.05) is 36.0 Å². The molecule has 1 aromatic rings. The van der Waals surface area contributed by atoms with Crippen molar-refractivity contribution in [3.05, 3.63) is 24.3 Å². The minimum atomic E-state index is -0.928. The molecule has 114 valence electrons. The maximum absolute atomic E-state index is 11.9. The second-order valence-corrected chi connectivity index (χ2v) is 5.06. The smallest absolute Gasteiger partial charge is 0.308 e. The lowest BCUT2D eigenvalue weighted by molar-refractivity contribution is -0.141. The number of likely N-dealkylation sites (N-methyl/N-ethyl adjacent to an activating group) is 1. The van der Waals surface area contributed by atoms with Crippen LogP contribution in [0.2, 0.25) is 0 Å². The number of carboxylic acids is 1. The second kappa shape index (κ2) is 6.58. The molecule has 0 bridgehead atoms. The van der Waals surface area contributed by atoms with E-state index in [-0.39, 0.29) is 25.5 Å². The summed E-state index contributed by atoms with van der Waals surface area (Å²) >= 11 is 0. The van der Waals surface area contributed by atoms with Crippen LogP contribution in [0.15, 0.2) is 24.3 Å². The summed E-state index contributed by atoms with van der Waals surface area (Å²) < 4.78 is 0. The molecule has 1 unspecified atom stereocenters. The molecular formula is C15H20N2O4. The summed E-state index contributed by atoms with van der Waals surface area (Å²) in [5.41, 5.74) is 1.68. The van der Waals surface area contributed by atoms with Crippen molar-refractivity contribution in [3.8, 4) is 0 Å². The molecule has 1 aliphatic heterocycles. The number of amides is 1. The SMILES string of the molecule is CCN(CCO)c1ccc(N2CC(C(=O)O)CC2=O)cc1. The number of hydrogen-bond acceptors (Lipinski definition) is 4. The molecule has 0 radical (unpaired) electrons. The molecule has 1 fully saturated rings. The number of aliphatic hydroxyl groups excluding tert-OH is 1. The fourth-order valence-corrected chi connectivity index (χ4v) is 2.56. The molecule has 6 nitrogen and oxygen atoms in total. The largest absolute Gasteiger partial charge is 0.481 e. The predicted octanol–water partition coefficient (Wildman–Crippen LogP) is 0.943. The third-order valence-corrected chi connectivity index (χ3v) is 3.75. The monoisotopic (exact) mass is 292 g/mol. The highest BCUT2D eigenvalue weighted by atomic mass is 16.4. The van der Waals surface area contributed by atoms with Crippen molar-refractivity contribution in [3.63, 3.8) is 0 Å². The summed E-state index contributed by atoms with van der Waals surface area (Å²) in [6.07, 6.45) is 0.0582. The Labute approximate surface area is 123 Å². The van der Waals surface area contributed by atoms with Crippen molar-refractivity contribution in [1.29, 1.82) is 0 Å². The van der Waals surface area contributed by atoms with Crippen molar-refractivity contribution in [1.82, 2.24) is 0 Å². The van der Waals surface area contributed by atoms with Gasteiger partial charge in [-0.05, 0) is 31.2 Å². The summed E-state index contributed by atoms with van der Waals surface area (Å²) in [6.45, 7) is 3.65. The van der Waals surface area contributed by atoms with Gasteiger partial charge < -0.3 is 20.0 Å². The molecule has 1 aromatic carbocycles. The Kier molecular flexibility index (Phi) is 4.80. The number of aliphatic hydroxyl groups is 1. The van der Waals surface area contributed by atoms with E-state index in [4.69, 9.17) is 10.2 Å². The maximum atomic E-state index is 11.9. The Morgan fingerprint density at radius 1 is 1.38 bits per heavy atom. The lowest BCUT2D eigenvalue weighted by Crippen LogP contribution is -2.27. The van der Waals surface area contributed by atoms with Crippen molar-refractivity contribution >= 4 is 23.3 Å². The number of hydrogen-bond donors (Lipinski definition) is 2. The van der Waals surface area contributed by atoms with Gasteiger partial charge in [0.25, 0.3) is 0 Å². The van der Waals surface area contributed by atoms with Gasteiger partial charge in [0.05, 0.1) is 12.5 Å². The van der Waals surface area contributed by atoms with E-state index in [9.17, 15) is 9.59 Å². The molecule has 0 spiro atoms. The fourth-order valence-electron chi connectivity index (χ4n) is 2.56. The van der Waals surface area contributed by atoms with Crippen LogP contribution >= 0.6 is 0 Å². The van der Waals surface area contributed by atoms with E-state index in [1.54, 1.807) is 0 Å². The Bertz CT molecular complexity index is 515. The van der Waals surface area contributed by atoms with Crippen LogP contribution in [-0.2, 0) is 9.59 Å². The quantitative estimate of drug-likeness (QED) is 0.815. The first-order valence-electron chi connectivity index (χ1n) is 7.05. The molecule has 0 saturated carbocycles. The number of benzene rings is 1. The van der Waals surface area contributed by atoms with Crippen LogP contribution in [0.5, 0.6) is 0 Å². The average molecular weight is 292 g/mol. The highest BCUT2D eigenvalue weighted by Gasteiger charge is 2.34. The fraction of sp³-hybridized carbons (Fsp3) is 0.467. The third kappa shape index (κ3) is 3.33. The lowest BCUT2D eigenvalue weighted by atomic mass is 10.1. The Morgan fingerprint density at radius 2 is 2.05 bits per heavy atom. The minimum absolute atomic E-state index is 0.0582. The number of carboxylic acid groups (broad SMARTS) is 1. The third-order valence-electron chi connectivity index (χ3n) is 3.75. The van der Waals surface area contributed by atoms with Gasteiger partial charge in [-0.2, -0.15) is 0 Å². The first-order valence-corrected chi connectivity index (χ1v) is 7.05. The van der Waals surface area contributed by atoms with Crippen LogP contribution in [0.25, 0.3) is 0 Å². The average Bonchev–Trinajstić information content (AvgIpc) is 2.87. The van der Waals surface area contributed by atoms with E-state index in [0.29, 0.717) is 12.2 Å². The van der Waals surface area contributed by atoms with Crippen LogP contribution in [0, 0.1) is 5.92 Å². The summed E-state index contributed by atoms with van der Waals surface area (Å²) in [7, 11) is 0. The molecule has 21 heavy (non-hydrogen) atoms. The Balaban J connectivity index is 2.12. The van der Waals surface area contributed by atoms with Crippen LogP contribution in [-0.4, -0.2) is 48.3 Å². The number of carbonyl (C=O) groups excluding carboxylic acids is 1. The first-order chi connectivity index (χ1) is 10.1. The van der Waals surface area contributed by atoms with E-state index in [1.807, 2.05) is 36.1 Å². The van der Waals surface area contributed by atoms with E-state index in [0.717, 1.165) is 12.2 Å². The molecule has 1 amide bonds. The number of nitrogens with zero attached hydrogens (tertiary/aromatic N) is 2. The second-order valence-electron chi connectivity index (χ2n) is 5.06. The zero-order chi connectivity index (χ0) is 15.4. The van der Waals surface area contributed by atoms with Crippen LogP contribution < -0.4 is 9.80 Å². The normalized spacial score (nSPS) is 18.1. The van der Waals surface area contributed by atoms with Gasteiger partial charge in [0.2, 0.25) is 5.91 Å². The highest BCUT2D eigenvalue weighted by Crippen LogP contribution is 2.27. The standard InChI is InChI=1S/C15H20N2O4/c1-2-16(7-8-18)12-3-5-13(6-4-12)17-10-11(15(20)21)9-14(17)19/h3-6,11,18H,2,7-10H2,1H3,(H,20,21). The maximum Gasteiger partial charge on any atom is 0.308 e. The van der Waals surface area contributed by atoms with Crippen molar-refractivity contribution < 1.29 is 19.8 Å². The van der Waals surface area contributed by atoms with Crippen molar-refractivity contribution in [2.45, 2.75) is 13.3 Å². The number of rotatable bonds is 6. The van der Waals surface area contributed by atoms with Gasteiger partial charge in [-0.25, -0.2) is 0 Å². The van der Waals surface area contributed by atoms with Gasteiger partial charge in [-0.1, -0.05) is 0 Å². The zero-order valence-electron chi connectivity index (χ0n) is 12.0. The van der Waals surface area contributed by atoms with E-state index < -0.39 is 11.9 Å². The summed E-state index contributed by atoms with van der Waals surface area (Å²) in [5, 5.41) is 18.0. The zero-order valence-corrected chi connectivity index (χ0v) is 12.0. The molecule has 1 saturated heterocycles. The molecule has 1 atom stereocenters. The van der Waals surface area contributed by atoms with Crippen molar-refractivity contribution in [2.24, 2.45) is 5.92 Å². The lowest BCUT2D eigenvalue weighted by Gasteiger charge is -2.23. The highest BCUT2D eigenvalue weighted by molar-refractivity contribution is 5.99. The van der Waals surface area contributed by atoms with Crippen LogP contribution in [0.4, 0.5) is 11.4 Å². The molecule has 2 rings (SSSR count). The molecule has 0 aromatic heterocycles. The van der Waals surface area contributed by atoms with Crippen LogP contribution in [0.1, 0.15) is 13.3 Å². The number of anilines is 2. The number of carbonyl (C=O) groups is 2.